The van der Waals surface area contributed by atoms with Gasteiger partial charge < -0.3 is 9.64 Å². The van der Waals surface area contributed by atoms with Gasteiger partial charge in [-0.15, -0.1) is 0 Å². The number of halogens is 2. The predicted molar refractivity (Wildman–Crippen MR) is 98.7 cm³/mol. The van der Waals surface area contributed by atoms with Crippen LogP contribution in [0, 0.1) is 5.82 Å². The summed E-state index contributed by atoms with van der Waals surface area (Å²) in [6, 6.07) is 12.8. The molecule has 0 fully saturated rings. The van der Waals surface area contributed by atoms with E-state index in [1.165, 1.54) is 12.1 Å². The second kappa shape index (κ2) is 9.92. The molecule has 0 aromatic heterocycles. The summed E-state index contributed by atoms with van der Waals surface area (Å²) in [7, 11) is 0. The zero-order valence-corrected chi connectivity index (χ0v) is 15.3. The fourth-order valence-electron chi connectivity index (χ4n) is 2.46. The number of hydrogen-bond acceptors (Lipinski definition) is 3. The van der Waals surface area contributed by atoms with E-state index in [4.69, 9.17) is 16.3 Å². The Hall–Kier alpha value is -2.40. The highest BCUT2D eigenvalue weighted by Crippen LogP contribution is 2.13. The molecule has 26 heavy (non-hydrogen) atoms. The van der Waals surface area contributed by atoms with Crippen LogP contribution in [0.5, 0.6) is 0 Å². The minimum atomic E-state index is -0.344. The monoisotopic (exact) mass is 377 g/mol. The first-order valence-electron chi connectivity index (χ1n) is 8.44. The van der Waals surface area contributed by atoms with E-state index in [-0.39, 0.29) is 30.7 Å². The first-order valence-corrected chi connectivity index (χ1v) is 8.82. The number of carbonyl (C=O) groups excluding carboxylic acids is 2. The van der Waals surface area contributed by atoms with Crippen LogP contribution in [0.15, 0.2) is 48.5 Å². The van der Waals surface area contributed by atoms with Gasteiger partial charge in [0.1, 0.15) is 5.82 Å². The molecule has 0 aliphatic carbocycles. The maximum absolute atomic E-state index is 13.0. The van der Waals surface area contributed by atoms with Gasteiger partial charge in [0.15, 0.2) is 0 Å². The highest BCUT2D eigenvalue weighted by molar-refractivity contribution is 6.30. The maximum atomic E-state index is 13.0. The molecule has 0 aliphatic rings. The molecule has 0 saturated heterocycles. The van der Waals surface area contributed by atoms with Gasteiger partial charge in [-0.1, -0.05) is 23.7 Å². The Kier molecular flexibility index (Phi) is 7.60. The van der Waals surface area contributed by atoms with E-state index < -0.39 is 0 Å². The Balaban J connectivity index is 2.06. The van der Waals surface area contributed by atoms with Crippen LogP contribution in [0.4, 0.5) is 4.39 Å². The Morgan fingerprint density at radius 3 is 2.31 bits per heavy atom. The van der Waals surface area contributed by atoms with Crippen molar-refractivity contribution in [2.45, 2.75) is 19.8 Å². The van der Waals surface area contributed by atoms with E-state index in [9.17, 15) is 14.0 Å². The summed E-state index contributed by atoms with van der Waals surface area (Å²) in [6.45, 7) is 2.70. The number of esters is 1. The summed E-state index contributed by atoms with van der Waals surface area (Å²) in [5.74, 6) is -0.832. The molecule has 0 spiro atoms. The molecule has 0 heterocycles. The quantitative estimate of drug-likeness (QED) is 0.650. The molecule has 4 nitrogen and oxygen atoms in total. The molecule has 2 rings (SSSR count). The Morgan fingerprint density at radius 1 is 1.04 bits per heavy atom. The Morgan fingerprint density at radius 2 is 1.69 bits per heavy atom. The van der Waals surface area contributed by atoms with Crippen molar-refractivity contribution in [3.8, 4) is 0 Å². The van der Waals surface area contributed by atoms with Gasteiger partial charge in [-0.25, -0.2) is 4.39 Å². The van der Waals surface area contributed by atoms with E-state index in [1.54, 1.807) is 48.2 Å². The van der Waals surface area contributed by atoms with Gasteiger partial charge in [-0.05, 0) is 55.3 Å². The highest BCUT2D eigenvalue weighted by Gasteiger charge is 2.17. The van der Waals surface area contributed by atoms with E-state index in [0.29, 0.717) is 30.2 Å². The lowest BCUT2D eigenvalue weighted by Gasteiger charge is -2.22. The van der Waals surface area contributed by atoms with Crippen molar-refractivity contribution >= 4 is 23.5 Å². The molecule has 0 aliphatic heterocycles. The van der Waals surface area contributed by atoms with Crippen molar-refractivity contribution in [3.63, 3.8) is 0 Å². The summed E-state index contributed by atoms with van der Waals surface area (Å²) in [5.41, 5.74) is 1.41. The van der Waals surface area contributed by atoms with Crippen LogP contribution in [0.3, 0.4) is 0 Å². The Bertz CT molecular complexity index is 732. The van der Waals surface area contributed by atoms with Crippen LogP contribution in [0.2, 0.25) is 5.02 Å². The molecule has 2 aromatic carbocycles. The zero-order valence-electron chi connectivity index (χ0n) is 14.6. The van der Waals surface area contributed by atoms with Crippen LogP contribution in [-0.4, -0.2) is 36.5 Å². The summed E-state index contributed by atoms with van der Waals surface area (Å²) in [6.07, 6.45) is 0.680. The molecule has 0 N–H and O–H groups in total. The summed E-state index contributed by atoms with van der Waals surface area (Å²) < 4.78 is 18.0. The molecule has 138 valence electrons. The fourth-order valence-corrected chi connectivity index (χ4v) is 2.59. The minimum absolute atomic E-state index is 0.122. The van der Waals surface area contributed by atoms with Gasteiger partial charge in [-0.2, -0.15) is 0 Å². The molecule has 0 bridgehead atoms. The largest absolute Gasteiger partial charge is 0.466 e. The van der Waals surface area contributed by atoms with Crippen molar-refractivity contribution in [1.82, 2.24) is 4.90 Å². The van der Waals surface area contributed by atoms with Gasteiger partial charge in [0.25, 0.3) is 5.91 Å². The molecule has 0 radical (unpaired) electrons. The average Bonchev–Trinajstić information content (AvgIpc) is 2.63. The zero-order chi connectivity index (χ0) is 18.9. The van der Waals surface area contributed by atoms with Crippen LogP contribution in [0.1, 0.15) is 29.3 Å². The van der Waals surface area contributed by atoms with Gasteiger partial charge in [-0.3, -0.25) is 9.59 Å². The highest BCUT2D eigenvalue weighted by atomic mass is 35.5. The molecule has 2 aromatic rings. The number of rotatable bonds is 8. The van der Waals surface area contributed by atoms with Crippen molar-refractivity contribution in [3.05, 3.63) is 70.5 Å². The molecule has 0 atom stereocenters. The second-order valence-corrected chi connectivity index (χ2v) is 6.17. The number of benzene rings is 2. The molecule has 0 saturated carbocycles. The smallest absolute Gasteiger partial charge is 0.307 e. The van der Waals surface area contributed by atoms with Crippen molar-refractivity contribution in [2.24, 2.45) is 0 Å². The van der Waals surface area contributed by atoms with Crippen LogP contribution < -0.4 is 0 Å². The summed E-state index contributed by atoms with van der Waals surface area (Å²) in [5, 5.41) is 0.547. The molecular formula is C20H21ClFNO3. The number of hydrogen-bond donors (Lipinski definition) is 0. The third-order valence-corrected chi connectivity index (χ3v) is 4.11. The first kappa shape index (κ1) is 19.9. The maximum Gasteiger partial charge on any atom is 0.307 e. The van der Waals surface area contributed by atoms with Gasteiger partial charge in [0.05, 0.1) is 13.0 Å². The number of carbonyl (C=O) groups is 2. The van der Waals surface area contributed by atoms with E-state index >= 15 is 0 Å². The summed E-state index contributed by atoms with van der Waals surface area (Å²) >= 11 is 5.87. The lowest BCUT2D eigenvalue weighted by Crippen LogP contribution is -2.35. The third-order valence-electron chi connectivity index (χ3n) is 3.85. The van der Waals surface area contributed by atoms with Crippen LogP contribution >= 0.6 is 11.6 Å². The minimum Gasteiger partial charge on any atom is -0.466 e. The molecule has 1 amide bonds. The summed E-state index contributed by atoms with van der Waals surface area (Å²) in [4.78, 5) is 26.0. The fraction of sp³-hybridized carbons (Fsp3) is 0.300. The number of ether oxygens (including phenoxy) is 1. The van der Waals surface area contributed by atoms with Crippen molar-refractivity contribution in [2.75, 3.05) is 19.7 Å². The van der Waals surface area contributed by atoms with Crippen LogP contribution in [0.25, 0.3) is 0 Å². The normalized spacial score (nSPS) is 10.4. The first-order chi connectivity index (χ1) is 12.5. The van der Waals surface area contributed by atoms with Crippen LogP contribution in [-0.2, 0) is 16.0 Å². The van der Waals surface area contributed by atoms with Gasteiger partial charge in [0, 0.05) is 23.7 Å². The van der Waals surface area contributed by atoms with Crippen molar-refractivity contribution < 1.29 is 18.7 Å². The van der Waals surface area contributed by atoms with Gasteiger partial charge in [0.2, 0.25) is 0 Å². The van der Waals surface area contributed by atoms with Crippen molar-refractivity contribution in [1.29, 1.82) is 0 Å². The van der Waals surface area contributed by atoms with E-state index in [1.807, 2.05) is 0 Å². The third kappa shape index (κ3) is 6.15. The lowest BCUT2D eigenvalue weighted by molar-refractivity contribution is -0.143. The number of nitrogens with zero attached hydrogens (tertiary/aromatic N) is 1. The predicted octanol–water partition coefficient (Wildman–Crippen LogP) is 4.12. The lowest BCUT2D eigenvalue weighted by atomic mass is 10.1. The SMILES string of the molecule is CCOC(=O)CCN(CCc1ccc(F)cc1)C(=O)c1ccc(Cl)cc1. The average molecular weight is 378 g/mol. The molecule has 0 unspecified atom stereocenters. The molecular weight excluding hydrogens is 357 g/mol. The standard InChI is InChI=1S/C20H21ClFNO3/c1-2-26-19(24)12-14-23(13-11-15-3-9-18(22)10-4-15)20(25)16-5-7-17(21)8-6-16/h3-10H,2,11-14H2,1H3. The topological polar surface area (TPSA) is 46.6 Å². The van der Waals surface area contributed by atoms with E-state index in [2.05, 4.69) is 0 Å². The Labute approximate surface area is 157 Å². The second-order valence-electron chi connectivity index (χ2n) is 5.73. The van der Waals surface area contributed by atoms with Gasteiger partial charge >= 0.3 is 5.97 Å². The number of amides is 1. The molecule has 6 heteroatoms. The van der Waals surface area contributed by atoms with E-state index in [0.717, 1.165) is 5.56 Å².